The predicted molar refractivity (Wildman–Crippen MR) is 582 cm³/mol. The van der Waals surface area contributed by atoms with Crippen molar-refractivity contribution in [1.82, 2.24) is 0 Å². The van der Waals surface area contributed by atoms with Crippen LogP contribution >= 0.6 is 0 Å². The SMILES string of the molecule is [2H]C1N(c2ccccc2C)C(C)=C2N1c1ccccc1C2(C1CCCC1)C1CCCC1.[2H]C1N(c2ccccc2C)C(C)=C2N1c1ccccc1C2([2H])C.[2H]C1N(c2ccccc2C)C(C)=C2N1c1ccccc1C2([2H])C1CCCC1.[2H]C1N(c2ccccc2C)C(C)=C2N1c1ccccc1C2(c1ccccc1)C1CCCC1.[2H]C1N(c2ccccc2C)C(C)=C2N1c1ccccc1C2(c1ccccc1)C1CCCCC1. The summed E-state index contributed by atoms with van der Waals surface area (Å²) in [4.78, 5) is 22.1. The highest BCUT2D eigenvalue weighted by molar-refractivity contribution is 5.85. The molecule has 10 aliphatic heterocycles. The Morgan fingerprint density at radius 3 is 0.892 bits per heavy atom. The molecule has 0 spiro atoms. The molecule has 0 amide bonds. The summed E-state index contributed by atoms with van der Waals surface area (Å²) in [6.45, 7) is 20.9. The Kier molecular flexibility index (Phi) is 22.0. The van der Waals surface area contributed by atoms with Gasteiger partial charge >= 0.3 is 0 Å². The number of aryl methyl sites for hydroxylation is 5. The first-order valence-electron chi connectivity index (χ1n) is 56.3. The van der Waals surface area contributed by atoms with Crippen molar-refractivity contribution in [3.8, 4) is 0 Å². The summed E-state index contributed by atoms with van der Waals surface area (Å²) >= 11 is 0. The van der Waals surface area contributed by atoms with Gasteiger partial charge < -0.3 is 49.0 Å². The highest BCUT2D eigenvalue weighted by atomic mass is 15.4. The van der Waals surface area contributed by atoms with Gasteiger partial charge in [0.15, 0.2) is 0 Å². The number of fused-ring (bicyclic) bond motifs is 15. The Bertz CT molecular complexity index is 7120. The molecule has 27 rings (SSSR count). The van der Waals surface area contributed by atoms with Crippen LogP contribution in [-0.4, -0.2) is 33.2 Å². The van der Waals surface area contributed by atoms with Crippen molar-refractivity contribution < 1.29 is 9.60 Å². The van der Waals surface area contributed by atoms with Crippen molar-refractivity contribution in [3.63, 3.8) is 0 Å². The number of hydrogen-bond donors (Lipinski definition) is 0. The Labute approximate surface area is 839 Å². The van der Waals surface area contributed by atoms with E-state index in [1.807, 2.05) is 84.3 Å². The maximum atomic E-state index is 9.70. The first kappa shape index (κ1) is 82.3. The number of para-hydroxylation sites is 10. The van der Waals surface area contributed by atoms with Crippen LogP contribution in [-0.2, 0) is 16.2 Å². The lowest BCUT2D eigenvalue weighted by molar-refractivity contribution is 0.217. The molecule has 12 aromatic carbocycles. The zero-order chi connectivity index (χ0) is 101. The number of nitrogens with zero attached hydrogens (tertiary/aromatic N) is 10. The summed E-state index contributed by atoms with van der Waals surface area (Å²) in [6.07, 6.45) is 26.9. The molecule has 0 radical (unpaired) electrons. The van der Waals surface area contributed by atoms with Gasteiger partial charge in [0, 0.05) is 117 Å². The van der Waals surface area contributed by atoms with Crippen LogP contribution in [0.2, 0.25) is 0 Å². The van der Waals surface area contributed by atoms with E-state index in [1.54, 1.807) is 0 Å². The fourth-order valence-electron chi connectivity index (χ4n) is 28.6. The van der Waals surface area contributed by atoms with Gasteiger partial charge in [-0.3, -0.25) is 0 Å². The van der Waals surface area contributed by atoms with E-state index in [2.05, 4.69) is 344 Å². The minimum Gasteiger partial charge on any atom is -0.325 e. The summed E-state index contributed by atoms with van der Waals surface area (Å²) in [5.74, 6) is 1.26. The van der Waals surface area contributed by atoms with Crippen LogP contribution in [0.4, 0.5) is 56.9 Å². The highest BCUT2D eigenvalue weighted by Gasteiger charge is 2.62. The number of anilines is 10. The van der Waals surface area contributed by atoms with E-state index in [9.17, 15) is 5.48 Å². The maximum Gasteiger partial charge on any atom is 0.0995 e. The Morgan fingerprint density at radius 2 is 0.496 bits per heavy atom. The second-order valence-electron chi connectivity index (χ2n) is 42.0. The van der Waals surface area contributed by atoms with E-state index >= 15 is 0 Å². The van der Waals surface area contributed by atoms with Crippen LogP contribution in [0.5, 0.6) is 0 Å². The van der Waals surface area contributed by atoms with Gasteiger partial charge in [-0.05, 0) is 290 Å². The molecule has 10 nitrogen and oxygen atoms in total. The molecule has 0 bridgehead atoms. The fraction of sp³-hybridized carbons (Fsp3) is 0.364. The van der Waals surface area contributed by atoms with E-state index in [0.717, 1.165) is 86.4 Å². The summed E-state index contributed by atoms with van der Waals surface area (Å²) in [7, 11) is 0. The first-order valence-corrected chi connectivity index (χ1v) is 52.4. The molecule has 0 saturated heterocycles. The van der Waals surface area contributed by atoms with Gasteiger partial charge in [-0.1, -0.05) is 320 Å². The van der Waals surface area contributed by atoms with Crippen molar-refractivity contribution >= 4 is 56.9 Å². The monoisotopic (exact) mass is 1840 g/mol. The summed E-state index contributed by atoms with van der Waals surface area (Å²) in [5.41, 5.74) is 38.0. The smallest absolute Gasteiger partial charge is 0.0995 e. The molecule has 139 heavy (non-hydrogen) atoms. The molecule has 9 atom stereocenters. The summed E-state index contributed by atoms with van der Waals surface area (Å²) in [5, 5.41) is 0. The largest absolute Gasteiger partial charge is 0.325 e. The van der Waals surface area contributed by atoms with Crippen LogP contribution in [0.15, 0.2) is 360 Å². The number of rotatable bonds is 12. The van der Waals surface area contributed by atoms with E-state index in [0.29, 0.717) is 29.6 Å². The Balaban J connectivity index is 0.000000101. The predicted octanol–water partition coefficient (Wildman–Crippen LogP) is 32.0. The minimum absolute atomic E-state index is 0.0877. The van der Waals surface area contributed by atoms with Gasteiger partial charge in [-0.2, -0.15) is 0 Å². The quantitative estimate of drug-likeness (QED) is 0.118. The van der Waals surface area contributed by atoms with Gasteiger partial charge in [-0.25, -0.2) is 0 Å². The molecule has 0 N–H and O–H groups in total. The lowest BCUT2D eigenvalue weighted by atomic mass is 9.60. The summed E-state index contributed by atoms with van der Waals surface area (Å²) < 4.78 is 64.9. The van der Waals surface area contributed by atoms with Gasteiger partial charge in [-0.15, -0.1) is 0 Å². The number of allylic oxidation sites excluding steroid dienone is 10. The third-order valence-electron chi connectivity index (χ3n) is 34.7. The molecule has 0 aromatic heterocycles. The molecule has 9 unspecified atom stereocenters. The van der Waals surface area contributed by atoms with E-state index in [-0.39, 0.29) is 16.2 Å². The third-order valence-corrected chi connectivity index (χ3v) is 34.7. The maximum absolute atomic E-state index is 9.70. The van der Waals surface area contributed by atoms with Crippen molar-refractivity contribution in [2.24, 2.45) is 29.6 Å². The minimum atomic E-state index is -0.822. The van der Waals surface area contributed by atoms with E-state index < -0.39 is 45.0 Å². The zero-order valence-electron chi connectivity index (χ0n) is 90.5. The topological polar surface area (TPSA) is 32.4 Å². The molecule has 12 aromatic rings. The van der Waals surface area contributed by atoms with E-state index in [4.69, 9.17) is 4.11 Å². The lowest BCUT2D eigenvalue weighted by Crippen LogP contribution is -2.42. The third kappa shape index (κ3) is 14.6. The van der Waals surface area contributed by atoms with Crippen LogP contribution < -0.4 is 49.0 Å². The van der Waals surface area contributed by atoms with Crippen LogP contribution in [0.3, 0.4) is 0 Å². The van der Waals surface area contributed by atoms with Crippen LogP contribution in [0, 0.1) is 64.2 Å². The second kappa shape index (κ2) is 37.2. The van der Waals surface area contributed by atoms with Crippen molar-refractivity contribution in [2.45, 2.75) is 239 Å². The standard InChI is InChI=1S/C30H32N2.C29H30N2.C28H34N2.C23H26N2.C19H20N2/c1-22-13-9-11-19-27(22)31-21-32-28-20-12-10-18-26(28)30(29(32)23(31)2,24-14-5-3-6-15-24)25-16-7-4-8-17-25;1-21-12-6-10-18-26(21)30-20-31-27-19-11-9-17-25(27)29(28(31)22(30)2,24-15-7-8-16-24)23-13-4-3-5-14-23;1-20-11-3-9-17-25(20)29-19-30-26-18-10-8-16-24(26)28(27(30)21(29)2,22-12-4-5-13-22)23-14-6-7-15-23;1-16-9-3-7-13-20(16)24-15-25-21-14-8-6-12-19(21)22(23(25)17(24)2)18-10-4-5-11-18;1-13-8-4-6-10-17(13)20-12-21-18-11-7-5-9-16(18)14(2)19(21)15(20)3/h3,5-6,9-15,18-20,25H,4,7-8,16-17,21H2,1-2H3;3-6,9-14,17-19,24H,7-8,15-16,20H2,1-2H3;3,8-11,16-18,22-23H,4-7,12-15,19H2,1-2H3;3,6-9,12-14,18,22H,4-5,10-11,15H2,1-2H3;4-11,14H,12H2,1-3H3/i21D;20D;19D;15D,22D;12D,14D. The normalized spacial score (nSPS) is 27.0. The van der Waals surface area contributed by atoms with E-state index in [1.165, 1.54) is 229 Å². The molecule has 5 aliphatic carbocycles. The van der Waals surface area contributed by atoms with Crippen molar-refractivity contribution in [2.75, 3.05) is 82.2 Å². The van der Waals surface area contributed by atoms with Gasteiger partial charge in [0.25, 0.3) is 0 Å². The number of hydrogen-bond acceptors (Lipinski definition) is 10. The molecule has 5 saturated carbocycles. The van der Waals surface area contributed by atoms with Crippen molar-refractivity contribution in [1.29, 1.82) is 0 Å². The molecule has 15 aliphatic rings. The van der Waals surface area contributed by atoms with Crippen LogP contribution in [0.1, 0.15) is 265 Å². The highest BCUT2D eigenvalue weighted by Crippen LogP contribution is 2.68. The molecular weight excluding hydrogens is 1690 g/mol. The molecule has 5 fully saturated rings. The van der Waals surface area contributed by atoms with Crippen LogP contribution in [0.25, 0.3) is 0 Å². The summed E-state index contributed by atoms with van der Waals surface area (Å²) in [6, 6.07) is 107. The molecule has 10 heteroatoms. The molecule has 10 heterocycles. The number of benzene rings is 12. The average Bonchev–Trinajstić information content (AvgIpc) is 1.51. The zero-order valence-corrected chi connectivity index (χ0v) is 83.5. The second-order valence-corrected chi connectivity index (χ2v) is 42.0. The van der Waals surface area contributed by atoms with Gasteiger partial charge in [0.1, 0.15) is 0 Å². The van der Waals surface area contributed by atoms with Gasteiger partial charge in [0.2, 0.25) is 0 Å². The average molecular weight is 1840 g/mol. The Hall–Kier alpha value is -12.7. The Morgan fingerprint density at radius 1 is 0.230 bits per heavy atom. The molecule has 708 valence electrons. The lowest BCUT2D eigenvalue weighted by Gasteiger charge is -2.43. The first-order chi connectivity index (χ1) is 70.9. The van der Waals surface area contributed by atoms with Gasteiger partial charge in [0.05, 0.1) is 68.0 Å². The fourth-order valence-corrected chi connectivity index (χ4v) is 28.6. The molecular formula is C129H142N10. The van der Waals surface area contributed by atoms with Crippen molar-refractivity contribution in [3.05, 3.63) is 427 Å².